The monoisotopic (exact) mass is 323 g/mol. The minimum Gasteiger partial charge on any atom is -0.453 e. The fraction of sp³-hybridized carbons (Fsp3) is 0.167. The van der Waals surface area contributed by atoms with Crippen molar-refractivity contribution < 1.29 is 14.3 Å². The van der Waals surface area contributed by atoms with Gasteiger partial charge in [-0.2, -0.15) is 5.26 Å². The molecule has 0 aliphatic heterocycles. The molecule has 0 atom stereocenters. The highest BCUT2D eigenvalue weighted by Gasteiger charge is 2.07. The molecule has 0 unspecified atom stereocenters. The molecule has 0 heterocycles. The van der Waals surface area contributed by atoms with Gasteiger partial charge >= 0.3 is 6.09 Å². The lowest BCUT2D eigenvalue weighted by Gasteiger charge is -2.10. The summed E-state index contributed by atoms with van der Waals surface area (Å²) in [6.45, 7) is 1.97. The number of ketones is 1. The Labute approximate surface area is 140 Å². The molecule has 0 spiro atoms. The summed E-state index contributed by atoms with van der Waals surface area (Å²) >= 11 is 0. The van der Waals surface area contributed by atoms with E-state index in [4.69, 9.17) is 5.26 Å². The molecule has 122 valence electrons. The van der Waals surface area contributed by atoms with Gasteiger partial charge in [-0.1, -0.05) is 12.1 Å². The van der Waals surface area contributed by atoms with Crippen LogP contribution in [0.25, 0.3) is 0 Å². The van der Waals surface area contributed by atoms with E-state index in [9.17, 15) is 9.59 Å². The van der Waals surface area contributed by atoms with Gasteiger partial charge in [0.05, 0.1) is 18.4 Å². The van der Waals surface area contributed by atoms with Crippen molar-refractivity contribution in [2.45, 2.75) is 13.5 Å². The van der Waals surface area contributed by atoms with Crippen molar-refractivity contribution in [3.05, 3.63) is 59.2 Å². The van der Waals surface area contributed by atoms with Crippen molar-refractivity contribution in [1.29, 1.82) is 5.26 Å². The van der Waals surface area contributed by atoms with Gasteiger partial charge in [0.2, 0.25) is 0 Å². The normalized spacial score (nSPS) is 9.71. The van der Waals surface area contributed by atoms with Gasteiger partial charge in [-0.05, 0) is 42.8 Å². The molecule has 0 bridgehead atoms. The summed E-state index contributed by atoms with van der Waals surface area (Å²) in [6.07, 6.45) is -0.527. The van der Waals surface area contributed by atoms with Crippen LogP contribution in [0.1, 0.15) is 28.4 Å². The van der Waals surface area contributed by atoms with Gasteiger partial charge in [-0.15, -0.1) is 0 Å². The third-order valence-electron chi connectivity index (χ3n) is 3.42. The molecule has 0 radical (unpaired) electrons. The second-order valence-corrected chi connectivity index (χ2v) is 5.10. The van der Waals surface area contributed by atoms with Crippen molar-refractivity contribution in [1.82, 2.24) is 0 Å². The molecular weight excluding hydrogens is 306 g/mol. The summed E-state index contributed by atoms with van der Waals surface area (Å²) in [5.74, 6) is -0.0548. The maximum atomic E-state index is 11.5. The minimum absolute atomic E-state index is 0.0548. The van der Waals surface area contributed by atoms with Crippen molar-refractivity contribution in [2.75, 3.05) is 17.7 Å². The second-order valence-electron chi connectivity index (χ2n) is 5.10. The number of carbonyl (C=O) groups excluding carboxylic acids is 2. The molecule has 1 amide bonds. The zero-order valence-corrected chi connectivity index (χ0v) is 13.4. The van der Waals surface area contributed by atoms with Gasteiger partial charge in [0.15, 0.2) is 5.78 Å². The number of nitrogens with one attached hydrogen (secondary N) is 2. The van der Waals surface area contributed by atoms with Crippen LogP contribution in [-0.2, 0) is 11.3 Å². The number of benzene rings is 2. The Kier molecular flexibility index (Phi) is 5.53. The minimum atomic E-state index is -0.527. The molecule has 2 aromatic carbocycles. The Hall–Kier alpha value is -3.33. The predicted molar refractivity (Wildman–Crippen MR) is 91.0 cm³/mol. The van der Waals surface area contributed by atoms with E-state index in [1.54, 1.807) is 30.3 Å². The first-order valence-electron chi connectivity index (χ1n) is 7.26. The Bertz CT molecular complexity index is 792. The molecule has 0 fully saturated rings. The average Bonchev–Trinajstić information content (AvgIpc) is 2.60. The highest BCUT2D eigenvalue weighted by Crippen LogP contribution is 2.19. The van der Waals surface area contributed by atoms with Crippen molar-refractivity contribution in [3.63, 3.8) is 0 Å². The Morgan fingerprint density at radius 3 is 2.46 bits per heavy atom. The van der Waals surface area contributed by atoms with E-state index >= 15 is 0 Å². The highest BCUT2D eigenvalue weighted by atomic mass is 16.5. The smallest absolute Gasteiger partial charge is 0.411 e. The largest absolute Gasteiger partial charge is 0.453 e. The van der Waals surface area contributed by atoms with E-state index < -0.39 is 6.09 Å². The Morgan fingerprint density at radius 1 is 1.17 bits per heavy atom. The van der Waals surface area contributed by atoms with E-state index in [0.29, 0.717) is 29.0 Å². The molecule has 2 N–H and O–H groups in total. The molecule has 6 heteroatoms. The zero-order chi connectivity index (χ0) is 17.5. The van der Waals surface area contributed by atoms with Crippen LogP contribution < -0.4 is 10.6 Å². The van der Waals surface area contributed by atoms with Gasteiger partial charge in [-0.25, -0.2) is 4.79 Å². The van der Waals surface area contributed by atoms with E-state index in [2.05, 4.69) is 21.4 Å². The highest BCUT2D eigenvalue weighted by molar-refractivity contribution is 5.95. The number of Topliss-reactive ketones (excluding diaryl/α,β-unsaturated/α-hetero) is 1. The summed E-state index contributed by atoms with van der Waals surface area (Å²) in [5, 5.41) is 14.9. The van der Waals surface area contributed by atoms with E-state index in [-0.39, 0.29) is 5.78 Å². The first kappa shape index (κ1) is 17.0. The van der Waals surface area contributed by atoms with Crippen LogP contribution >= 0.6 is 0 Å². The van der Waals surface area contributed by atoms with Crippen LogP contribution in [0, 0.1) is 11.3 Å². The van der Waals surface area contributed by atoms with Crippen LogP contribution in [0.2, 0.25) is 0 Å². The lowest BCUT2D eigenvalue weighted by molar-refractivity contribution is 0.101. The fourth-order valence-corrected chi connectivity index (χ4v) is 2.08. The Morgan fingerprint density at radius 2 is 1.88 bits per heavy atom. The molecule has 0 aliphatic carbocycles. The number of rotatable bonds is 5. The van der Waals surface area contributed by atoms with E-state index in [1.165, 1.54) is 14.0 Å². The third kappa shape index (κ3) is 4.34. The molecule has 0 saturated carbocycles. The maximum Gasteiger partial charge on any atom is 0.411 e. The molecule has 2 aromatic rings. The van der Waals surface area contributed by atoms with Crippen LogP contribution in [0.4, 0.5) is 16.2 Å². The number of carbonyl (C=O) groups is 2. The van der Waals surface area contributed by atoms with Gasteiger partial charge in [-0.3, -0.25) is 10.1 Å². The fourth-order valence-electron chi connectivity index (χ4n) is 2.08. The first-order chi connectivity index (χ1) is 11.5. The number of nitriles is 1. The number of hydrogen-bond acceptors (Lipinski definition) is 5. The number of nitrogens with zero attached hydrogens (tertiary/aromatic N) is 1. The van der Waals surface area contributed by atoms with Crippen molar-refractivity contribution in [2.24, 2.45) is 0 Å². The van der Waals surface area contributed by atoms with Crippen molar-refractivity contribution in [3.8, 4) is 6.07 Å². The standard InChI is InChI=1S/C18H17N3O3/c1-12(22)14-5-6-15(10-19)17(9-14)20-11-13-3-7-16(8-4-13)21-18(23)24-2/h3-9,20H,11H2,1-2H3,(H,21,23). The lowest BCUT2D eigenvalue weighted by Crippen LogP contribution is -2.10. The van der Waals surface area contributed by atoms with Gasteiger partial charge in [0, 0.05) is 17.8 Å². The SMILES string of the molecule is COC(=O)Nc1ccc(CNc2cc(C(C)=O)ccc2C#N)cc1. The topological polar surface area (TPSA) is 91.2 Å². The van der Waals surface area contributed by atoms with Crippen LogP contribution in [-0.4, -0.2) is 19.0 Å². The summed E-state index contributed by atoms with van der Waals surface area (Å²) < 4.78 is 4.53. The summed E-state index contributed by atoms with van der Waals surface area (Å²) in [7, 11) is 1.30. The Balaban J connectivity index is 2.08. The van der Waals surface area contributed by atoms with Crippen LogP contribution in [0.5, 0.6) is 0 Å². The molecule has 0 saturated heterocycles. The molecular formula is C18H17N3O3. The number of ether oxygens (including phenoxy) is 1. The number of amides is 1. The maximum absolute atomic E-state index is 11.5. The lowest BCUT2D eigenvalue weighted by atomic mass is 10.1. The predicted octanol–water partition coefficient (Wildman–Crippen LogP) is 3.55. The average molecular weight is 323 g/mol. The van der Waals surface area contributed by atoms with Gasteiger partial charge < -0.3 is 10.1 Å². The quantitative estimate of drug-likeness (QED) is 0.821. The number of hydrogen-bond donors (Lipinski definition) is 2. The third-order valence-corrected chi connectivity index (χ3v) is 3.42. The molecule has 0 aromatic heterocycles. The molecule has 6 nitrogen and oxygen atoms in total. The molecule has 0 aliphatic rings. The molecule has 24 heavy (non-hydrogen) atoms. The second kappa shape index (κ2) is 7.79. The van der Waals surface area contributed by atoms with Crippen LogP contribution in [0.15, 0.2) is 42.5 Å². The van der Waals surface area contributed by atoms with E-state index in [1.807, 2.05) is 12.1 Å². The first-order valence-corrected chi connectivity index (χ1v) is 7.26. The van der Waals surface area contributed by atoms with Crippen molar-refractivity contribution >= 4 is 23.3 Å². The summed E-state index contributed by atoms with van der Waals surface area (Å²) in [5.41, 5.74) is 3.23. The number of methoxy groups -OCH3 is 1. The summed E-state index contributed by atoms with van der Waals surface area (Å²) in [6, 6.07) is 14.2. The van der Waals surface area contributed by atoms with Gasteiger partial charge in [0.25, 0.3) is 0 Å². The van der Waals surface area contributed by atoms with Gasteiger partial charge in [0.1, 0.15) is 6.07 Å². The number of anilines is 2. The zero-order valence-electron chi connectivity index (χ0n) is 13.4. The van der Waals surface area contributed by atoms with E-state index in [0.717, 1.165) is 5.56 Å². The summed E-state index contributed by atoms with van der Waals surface area (Å²) in [4.78, 5) is 22.6. The molecule has 2 rings (SSSR count). The van der Waals surface area contributed by atoms with Crippen LogP contribution in [0.3, 0.4) is 0 Å².